The molecule has 22 heavy (non-hydrogen) atoms. The van der Waals surface area contributed by atoms with Crippen molar-refractivity contribution in [2.45, 2.75) is 25.7 Å². The fourth-order valence-electron chi connectivity index (χ4n) is 3.15. The largest absolute Gasteiger partial charge is 0.383 e. The fourth-order valence-corrected chi connectivity index (χ4v) is 3.15. The first-order valence-electron chi connectivity index (χ1n) is 7.69. The molecular formula is C16H21N5O. The summed E-state index contributed by atoms with van der Waals surface area (Å²) in [5, 5.41) is 4.11. The van der Waals surface area contributed by atoms with Gasteiger partial charge in [-0.05, 0) is 37.3 Å². The van der Waals surface area contributed by atoms with Gasteiger partial charge in [0.1, 0.15) is 5.82 Å². The molecule has 2 unspecified atom stereocenters. The molecule has 0 bridgehead atoms. The number of anilines is 2. The molecule has 0 radical (unpaired) electrons. The highest BCUT2D eigenvalue weighted by Gasteiger charge is 2.25. The first-order chi connectivity index (χ1) is 10.6. The molecule has 116 valence electrons. The number of primary amides is 1. The number of nitrogens with two attached hydrogens (primary N) is 2. The van der Waals surface area contributed by atoms with Gasteiger partial charge in [-0.15, -0.1) is 0 Å². The number of fused-ring (bicyclic) bond motifs is 1. The van der Waals surface area contributed by atoms with E-state index in [1.54, 1.807) is 0 Å². The minimum absolute atomic E-state index is 0.00291. The summed E-state index contributed by atoms with van der Waals surface area (Å²) >= 11 is 0. The van der Waals surface area contributed by atoms with Crippen LogP contribution in [0.5, 0.6) is 0 Å². The van der Waals surface area contributed by atoms with E-state index in [2.05, 4.69) is 15.3 Å². The molecule has 0 spiro atoms. The molecule has 0 saturated heterocycles. The maximum Gasteiger partial charge on any atom is 0.225 e. The van der Waals surface area contributed by atoms with Crippen molar-refractivity contribution in [2.24, 2.45) is 17.6 Å². The number of para-hydroxylation sites is 1. The van der Waals surface area contributed by atoms with Gasteiger partial charge < -0.3 is 16.8 Å². The smallest absolute Gasteiger partial charge is 0.225 e. The third-order valence-electron chi connectivity index (χ3n) is 4.37. The number of hydrogen-bond acceptors (Lipinski definition) is 5. The van der Waals surface area contributed by atoms with E-state index in [4.69, 9.17) is 11.5 Å². The van der Waals surface area contributed by atoms with Crippen LogP contribution in [-0.4, -0.2) is 22.4 Å². The number of nitrogen functional groups attached to an aromatic ring is 1. The van der Waals surface area contributed by atoms with Crippen molar-refractivity contribution in [3.8, 4) is 0 Å². The summed E-state index contributed by atoms with van der Waals surface area (Å²) in [7, 11) is 0. The number of hydrogen-bond donors (Lipinski definition) is 3. The number of carbonyl (C=O) groups is 1. The summed E-state index contributed by atoms with van der Waals surface area (Å²) < 4.78 is 0. The van der Waals surface area contributed by atoms with Crippen LogP contribution in [0.2, 0.25) is 0 Å². The molecule has 1 aliphatic carbocycles. The molecule has 1 aliphatic rings. The lowest BCUT2D eigenvalue weighted by molar-refractivity contribution is -0.123. The zero-order chi connectivity index (χ0) is 15.5. The molecule has 1 fully saturated rings. The predicted octanol–water partition coefficient (Wildman–Crippen LogP) is 1.92. The Balaban J connectivity index is 1.67. The van der Waals surface area contributed by atoms with E-state index >= 15 is 0 Å². The summed E-state index contributed by atoms with van der Waals surface area (Å²) in [5.41, 5.74) is 12.2. The molecule has 2 aromatic rings. The second-order valence-electron chi connectivity index (χ2n) is 5.96. The molecule has 1 aromatic heterocycles. The van der Waals surface area contributed by atoms with Gasteiger partial charge in [0.15, 0.2) is 0 Å². The Labute approximate surface area is 129 Å². The topological polar surface area (TPSA) is 107 Å². The summed E-state index contributed by atoms with van der Waals surface area (Å²) in [5.74, 6) is 1.26. The maximum absolute atomic E-state index is 11.3. The Kier molecular flexibility index (Phi) is 4.09. The molecule has 1 saturated carbocycles. The second kappa shape index (κ2) is 6.17. The van der Waals surface area contributed by atoms with Crippen LogP contribution in [0.4, 0.5) is 11.8 Å². The zero-order valence-corrected chi connectivity index (χ0v) is 12.5. The van der Waals surface area contributed by atoms with Crippen LogP contribution in [0, 0.1) is 11.8 Å². The summed E-state index contributed by atoms with van der Waals surface area (Å²) in [4.78, 5) is 20.1. The lowest BCUT2D eigenvalue weighted by Gasteiger charge is -2.27. The lowest BCUT2D eigenvalue weighted by Crippen LogP contribution is -2.31. The highest BCUT2D eigenvalue weighted by molar-refractivity contribution is 5.88. The molecule has 1 amide bonds. The average Bonchev–Trinajstić information content (AvgIpc) is 2.53. The molecule has 5 N–H and O–H groups in total. The van der Waals surface area contributed by atoms with Gasteiger partial charge >= 0.3 is 0 Å². The third kappa shape index (κ3) is 3.10. The number of benzene rings is 1. The Morgan fingerprint density at radius 1 is 1.27 bits per heavy atom. The van der Waals surface area contributed by atoms with E-state index < -0.39 is 0 Å². The quantitative estimate of drug-likeness (QED) is 0.799. The van der Waals surface area contributed by atoms with Gasteiger partial charge in [0.05, 0.1) is 5.52 Å². The summed E-state index contributed by atoms with van der Waals surface area (Å²) in [6.45, 7) is 0.738. The maximum atomic E-state index is 11.3. The van der Waals surface area contributed by atoms with Crippen LogP contribution < -0.4 is 16.8 Å². The van der Waals surface area contributed by atoms with Gasteiger partial charge in [0.2, 0.25) is 11.9 Å². The molecule has 6 nitrogen and oxygen atoms in total. The van der Waals surface area contributed by atoms with E-state index in [1.807, 2.05) is 24.3 Å². The van der Waals surface area contributed by atoms with Crippen molar-refractivity contribution < 1.29 is 4.79 Å². The molecule has 6 heteroatoms. The summed E-state index contributed by atoms with van der Waals surface area (Å²) in [6.07, 6.45) is 3.89. The monoisotopic (exact) mass is 299 g/mol. The van der Waals surface area contributed by atoms with Crippen LogP contribution >= 0.6 is 0 Å². The van der Waals surface area contributed by atoms with Crippen LogP contribution in [-0.2, 0) is 4.79 Å². The van der Waals surface area contributed by atoms with Crippen LogP contribution in [0.15, 0.2) is 24.3 Å². The lowest BCUT2D eigenvalue weighted by atomic mass is 9.81. The molecule has 1 heterocycles. The Morgan fingerprint density at radius 3 is 2.91 bits per heavy atom. The van der Waals surface area contributed by atoms with E-state index in [9.17, 15) is 4.79 Å². The van der Waals surface area contributed by atoms with Crippen LogP contribution in [0.25, 0.3) is 10.9 Å². The van der Waals surface area contributed by atoms with Gasteiger partial charge in [-0.3, -0.25) is 4.79 Å². The Morgan fingerprint density at radius 2 is 2.09 bits per heavy atom. The second-order valence-corrected chi connectivity index (χ2v) is 5.96. The third-order valence-corrected chi connectivity index (χ3v) is 4.37. The average molecular weight is 299 g/mol. The van der Waals surface area contributed by atoms with Crippen molar-refractivity contribution in [1.29, 1.82) is 0 Å². The minimum Gasteiger partial charge on any atom is -0.383 e. The van der Waals surface area contributed by atoms with Crippen molar-refractivity contribution in [3.05, 3.63) is 24.3 Å². The van der Waals surface area contributed by atoms with Gasteiger partial charge in [-0.2, -0.15) is 4.98 Å². The highest BCUT2D eigenvalue weighted by atomic mass is 16.1. The number of carbonyl (C=O) groups excluding carboxylic acids is 1. The standard InChI is InChI=1S/C16H21N5O/c17-14-12-6-1-2-7-13(12)20-16(21-14)19-9-10-4-3-5-11(8-10)15(18)22/h1-2,6-7,10-11H,3-5,8-9H2,(H2,18,22)(H3,17,19,20,21). The van der Waals surface area contributed by atoms with Gasteiger partial charge in [-0.1, -0.05) is 18.6 Å². The number of aromatic nitrogens is 2. The fraction of sp³-hybridized carbons (Fsp3) is 0.438. The highest BCUT2D eigenvalue weighted by Crippen LogP contribution is 2.29. The van der Waals surface area contributed by atoms with Crippen molar-refractivity contribution in [3.63, 3.8) is 0 Å². The molecule has 2 atom stereocenters. The predicted molar refractivity (Wildman–Crippen MR) is 87.1 cm³/mol. The minimum atomic E-state index is -0.184. The van der Waals surface area contributed by atoms with Crippen LogP contribution in [0.3, 0.4) is 0 Å². The van der Waals surface area contributed by atoms with E-state index in [-0.39, 0.29) is 11.8 Å². The van der Waals surface area contributed by atoms with Crippen LogP contribution in [0.1, 0.15) is 25.7 Å². The number of nitrogens with zero attached hydrogens (tertiary/aromatic N) is 2. The zero-order valence-electron chi connectivity index (χ0n) is 12.5. The molecule has 0 aliphatic heterocycles. The van der Waals surface area contributed by atoms with Gasteiger partial charge in [0.25, 0.3) is 0 Å². The van der Waals surface area contributed by atoms with Crippen molar-refractivity contribution >= 4 is 28.6 Å². The van der Waals surface area contributed by atoms with Crippen molar-refractivity contribution in [2.75, 3.05) is 17.6 Å². The number of amides is 1. The van der Waals surface area contributed by atoms with E-state index in [1.165, 1.54) is 0 Å². The first kappa shape index (κ1) is 14.6. The SMILES string of the molecule is NC(=O)C1CCCC(CNc2nc(N)c3ccccc3n2)C1. The van der Waals surface area contributed by atoms with E-state index in [0.717, 1.165) is 43.1 Å². The first-order valence-corrected chi connectivity index (χ1v) is 7.69. The van der Waals surface area contributed by atoms with E-state index in [0.29, 0.717) is 17.7 Å². The normalized spacial score (nSPS) is 21.6. The molecule has 3 rings (SSSR count). The number of nitrogens with one attached hydrogen (secondary N) is 1. The van der Waals surface area contributed by atoms with Gasteiger partial charge in [-0.25, -0.2) is 4.98 Å². The Bertz CT molecular complexity index is 687. The molecular weight excluding hydrogens is 278 g/mol. The van der Waals surface area contributed by atoms with Crippen molar-refractivity contribution in [1.82, 2.24) is 9.97 Å². The molecule has 1 aromatic carbocycles. The number of rotatable bonds is 4. The van der Waals surface area contributed by atoms with Gasteiger partial charge in [0, 0.05) is 17.8 Å². The Hall–Kier alpha value is -2.37. The summed E-state index contributed by atoms with van der Waals surface area (Å²) in [6, 6.07) is 7.67.